The topological polar surface area (TPSA) is 37.8 Å². The molecule has 2 aromatic rings. The molecule has 0 atom stereocenters. The summed E-state index contributed by atoms with van der Waals surface area (Å²) in [4.78, 5) is 8.88. The minimum Gasteiger partial charge on any atom is -0.370 e. The van der Waals surface area contributed by atoms with Crippen molar-refractivity contribution >= 4 is 5.82 Å². The number of nitrogens with one attached hydrogen (secondary N) is 1. The van der Waals surface area contributed by atoms with Crippen LogP contribution in [0.4, 0.5) is 5.82 Å². The van der Waals surface area contributed by atoms with E-state index >= 15 is 0 Å². The third-order valence-corrected chi connectivity index (χ3v) is 3.21. The Balaban J connectivity index is 1.80. The van der Waals surface area contributed by atoms with Gasteiger partial charge in [0.25, 0.3) is 0 Å². The molecular formula is C15H17N3. The Hall–Kier alpha value is -1.90. The van der Waals surface area contributed by atoms with Gasteiger partial charge in [0, 0.05) is 24.0 Å². The van der Waals surface area contributed by atoms with Crippen molar-refractivity contribution in [2.75, 3.05) is 11.9 Å². The van der Waals surface area contributed by atoms with Crippen LogP contribution in [0, 0.1) is 12.8 Å². The summed E-state index contributed by atoms with van der Waals surface area (Å²) in [6.07, 6.45) is 4.55. The quantitative estimate of drug-likeness (QED) is 0.889. The van der Waals surface area contributed by atoms with Crippen molar-refractivity contribution in [1.82, 2.24) is 9.97 Å². The monoisotopic (exact) mass is 239 g/mol. The van der Waals surface area contributed by atoms with Gasteiger partial charge < -0.3 is 5.32 Å². The molecule has 0 aliphatic heterocycles. The highest BCUT2D eigenvalue weighted by molar-refractivity contribution is 5.62. The molecule has 0 spiro atoms. The molecule has 92 valence electrons. The van der Waals surface area contributed by atoms with Crippen molar-refractivity contribution in [3.63, 3.8) is 0 Å². The van der Waals surface area contributed by atoms with Gasteiger partial charge in [0.05, 0.1) is 5.69 Å². The molecule has 18 heavy (non-hydrogen) atoms. The molecule has 1 aliphatic rings. The van der Waals surface area contributed by atoms with Gasteiger partial charge in [-0.15, -0.1) is 0 Å². The lowest BCUT2D eigenvalue weighted by molar-refractivity contribution is 0.883. The smallest absolute Gasteiger partial charge is 0.126 e. The largest absolute Gasteiger partial charge is 0.370 e. The maximum atomic E-state index is 4.54. The van der Waals surface area contributed by atoms with Crippen LogP contribution >= 0.6 is 0 Å². The van der Waals surface area contributed by atoms with Gasteiger partial charge in [-0.2, -0.15) is 0 Å². The minimum atomic E-state index is 0.854. The van der Waals surface area contributed by atoms with E-state index in [0.717, 1.165) is 35.2 Å². The number of hydrogen-bond donors (Lipinski definition) is 1. The zero-order valence-corrected chi connectivity index (χ0v) is 10.6. The Labute approximate surface area is 107 Å². The molecule has 0 unspecified atom stereocenters. The fraction of sp³-hybridized carbons (Fsp3) is 0.333. The predicted octanol–water partition coefficient (Wildman–Crippen LogP) is 3.27. The number of aryl methyl sites for hydroxylation is 1. The Kier molecular flexibility index (Phi) is 2.97. The van der Waals surface area contributed by atoms with Crippen molar-refractivity contribution in [1.29, 1.82) is 0 Å². The van der Waals surface area contributed by atoms with Crippen molar-refractivity contribution < 1.29 is 0 Å². The molecule has 1 N–H and O–H groups in total. The molecular weight excluding hydrogens is 222 g/mol. The average Bonchev–Trinajstić information content (AvgIpc) is 3.21. The Morgan fingerprint density at radius 1 is 1.28 bits per heavy atom. The van der Waals surface area contributed by atoms with E-state index in [1.165, 1.54) is 12.8 Å². The second-order valence-electron chi connectivity index (χ2n) is 4.92. The molecule has 0 aromatic carbocycles. The van der Waals surface area contributed by atoms with Crippen LogP contribution in [0.25, 0.3) is 11.3 Å². The summed E-state index contributed by atoms with van der Waals surface area (Å²) in [6, 6.07) is 10.2. The fourth-order valence-electron chi connectivity index (χ4n) is 1.96. The first-order chi connectivity index (χ1) is 8.81. The predicted molar refractivity (Wildman–Crippen MR) is 73.4 cm³/mol. The summed E-state index contributed by atoms with van der Waals surface area (Å²) >= 11 is 0. The summed E-state index contributed by atoms with van der Waals surface area (Å²) in [5.41, 5.74) is 3.16. The lowest BCUT2D eigenvalue weighted by atomic mass is 10.1. The van der Waals surface area contributed by atoms with Crippen LogP contribution in [0.15, 0.2) is 36.5 Å². The molecule has 0 amide bonds. The second-order valence-corrected chi connectivity index (χ2v) is 4.92. The number of aromatic nitrogens is 2. The molecule has 1 fully saturated rings. The van der Waals surface area contributed by atoms with Crippen LogP contribution in [0.5, 0.6) is 0 Å². The highest BCUT2D eigenvalue weighted by Gasteiger charge is 2.20. The molecule has 3 nitrogen and oxygen atoms in total. The molecule has 0 bridgehead atoms. The summed E-state index contributed by atoms with van der Waals surface area (Å²) in [7, 11) is 0. The average molecular weight is 239 g/mol. The van der Waals surface area contributed by atoms with Crippen LogP contribution in [0.2, 0.25) is 0 Å². The molecule has 3 heteroatoms. The van der Waals surface area contributed by atoms with Crippen molar-refractivity contribution in [3.05, 3.63) is 42.2 Å². The number of nitrogens with zero attached hydrogens (tertiary/aromatic N) is 2. The number of rotatable bonds is 4. The highest BCUT2D eigenvalue weighted by Crippen LogP contribution is 2.29. The number of hydrogen-bond acceptors (Lipinski definition) is 3. The molecule has 2 heterocycles. The first kappa shape index (κ1) is 11.2. The Morgan fingerprint density at radius 3 is 2.94 bits per heavy atom. The van der Waals surface area contributed by atoms with Crippen molar-refractivity contribution in [3.8, 4) is 11.3 Å². The maximum Gasteiger partial charge on any atom is 0.126 e. The van der Waals surface area contributed by atoms with Crippen LogP contribution in [-0.4, -0.2) is 16.5 Å². The van der Waals surface area contributed by atoms with Gasteiger partial charge in [-0.3, -0.25) is 4.98 Å². The van der Waals surface area contributed by atoms with E-state index in [2.05, 4.69) is 21.4 Å². The van der Waals surface area contributed by atoms with Crippen LogP contribution in [-0.2, 0) is 0 Å². The third kappa shape index (κ3) is 2.67. The zero-order chi connectivity index (χ0) is 12.4. The van der Waals surface area contributed by atoms with E-state index in [0.29, 0.717) is 0 Å². The first-order valence-corrected chi connectivity index (χ1v) is 6.45. The van der Waals surface area contributed by atoms with Crippen LogP contribution in [0.1, 0.15) is 18.5 Å². The van der Waals surface area contributed by atoms with Gasteiger partial charge in [-0.1, -0.05) is 6.07 Å². The summed E-state index contributed by atoms with van der Waals surface area (Å²) in [5, 5.41) is 3.39. The lowest BCUT2D eigenvalue weighted by Gasteiger charge is -2.07. The molecule has 1 saturated carbocycles. The van der Waals surface area contributed by atoms with Crippen molar-refractivity contribution in [2.45, 2.75) is 19.8 Å². The Bertz CT molecular complexity index is 547. The summed E-state index contributed by atoms with van der Waals surface area (Å²) in [6.45, 7) is 3.05. The third-order valence-electron chi connectivity index (χ3n) is 3.21. The zero-order valence-electron chi connectivity index (χ0n) is 10.6. The molecule has 0 saturated heterocycles. The van der Waals surface area contributed by atoms with E-state index in [1.807, 2.05) is 37.4 Å². The fourth-order valence-corrected chi connectivity index (χ4v) is 1.96. The highest BCUT2D eigenvalue weighted by atomic mass is 15.0. The normalized spacial score (nSPS) is 14.5. The number of anilines is 1. The maximum absolute atomic E-state index is 4.54. The standard InChI is InChI=1S/C15H17N3/c1-11-3-2-4-14(18-11)13-7-8-16-15(9-13)17-10-12-5-6-12/h2-4,7-9,12H,5-6,10H2,1H3,(H,16,17). The number of pyridine rings is 2. The Morgan fingerprint density at radius 2 is 2.17 bits per heavy atom. The van der Waals surface area contributed by atoms with Gasteiger partial charge >= 0.3 is 0 Å². The van der Waals surface area contributed by atoms with Gasteiger partial charge in [-0.25, -0.2) is 4.98 Å². The van der Waals surface area contributed by atoms with Gasteiger partial charge in [0.2, 0.25) is 0 Å². The summed E-state index contributed by atoms with van der Waals surface area (Å²) in [5.74, 6) is 1.80. The summed E-state index contributed by atoms with van der Waals surface area (Å²) < 4.78 is 0. The first-order valence-electron chi connectivity index (χ1n) is 6.45. The molecule has 2 aromatic heterocycles. The van der Waals surface area contributed by atoms with Gasteiger partial charge in [0.1, 0.15) is 5.82 Å². The van der Waals surface area contributed by atoms with Crippen LogP contribution < -0.4 is 5.32 Å². The van der Waals surface area contributed by atoms with Gasteiger partial charge in [0.15, 0.2) is 0 Å². The van der Waals surface area contributed by atoms with Crippen LogP contribution in [0.3, 0.4) is 0 Å². The molecule has 3 rings (SSSR count). The SMILES string of the molecule is Cc1cccc(-c2ccnc(NCC3CC3)c2)n1. The van der Waals surface area contributed by atoms with E-state index in [-0.39, 0.29) is 0 Å². The van der Waals surface area contributed by atoms with Gasteiger partial charge in [-0.05, 0) is 49.9 Å². The minimum absolute atomic E-state index is 0.854. The lowest BCUT2D eigenvalue weighted by Crippen LogP contribution is -2.04. The second kappa shape index (κ2) is 4.77. The van der Waals surface area contributed by atoms with E-state index in [9.17, 15) is 0 Å². The van der Waals surface area contributed by atoms with E-state index < -0.39 is 0 Å². The molecule has 1 aliphatic carbocycles. The van der Waals surface area contributed by atoms with E-state index in [4.69, 9.17) is 0 Å². The molecule has 0 radical (unpaired) electrons. The van der Waals surface area contributed by atoms with Crippen molar-refractivity contribution in [2.24, 2.45) is 5.92 Å². The van der Waals surface area contributed by atoms with E-state index in [1.54, 1.807) is 0 Å².